The largest absolute Gasteiger partial charge is 0.493 e. The topological polar surface area (TPSA) is 85.6 Å². The lowest BCUT2D eigenvalue weighted by atomic mass is 10.1. The van der Waals surface area contributed by atoms with Crippen molar-refractivity contribution >= 4 is 5.96 Å². The van der Waals surface area contributed by atoms with Crippen molar-refractivity contribution in [2.24, 2.45) is 18.0 Å². The molecule has 8 heteroatoms. The summed E-state index contributed by atoms with van der Waals surface area (Å²) in [6.07, 6.45) is 2.43. The highest BCUT2D eigenvalue weighted by Crippen LogP contribution is 2.18. The van der Waals surface area contributed by atoms with Crippen molar-refractivity contribution in [2.45, 2.75) is 59.2 Å². The Hall–Kier alpha value is -2.61. The number of hydrogen-bond donors (Lipinski definition) is 2. The second kappa shape index (κ2) is 11.1. The molecule has 1 aliphatic heterocycles. The van der Waals surface area contributed by atoms with Crippen molar-refractivity contribution < 1.29 is 9.47 Å². The number of ether oxygens (including phenoxy) is 2. The molecule has 3 rings (SSSR count). The van der Waals surface area contributed by atoms with E-state index in [-0.39, 0.29) is 12.1 Å². The number of guanidine groups is 1. The van der Waals surface area contributed by atoms with Crippen molar-refractivity contribution in [2.75, 3.05) is 19.8 Å². The van der Waals surface area contributed by atoms with Gasteiger partial charge in [-0.05, 0) is 50.3 Å². The lowest BCUT2D eigenvalue weighted by molar-refractivity contribution is 0.113. The molecular weight excluding hydrogens is 392 g/mol. The second-order valence-electron chi connectivity index (χ2n) is 8.54. The van der Waals surface area contributed by atoms with Gasteiger partial charge in [0, 0.05) is 20.2 Å². The first kappa shape index (κ1) is 23.1. The Morgan fingerprint density at radius 1 is 1.26 bits per heavy atom. The summed E-state index contributed by atoms with van der Waals surface area (Å²) in [5.41, 5.74) is 1.16. The third-order valence-corrected chi connectivity index (χ3v) is 5.40. The average molecular weight is 429 g/mol. The van der Waals surface area contributed by atoms with Crippen LogP contribution < -0.4 is 15.4 Å². The van der Waals surface area contributed by atoms with E-state index in [0.717, 1.165) is 61.5 Å². The van der Waals surface area contributed by atoms with Crippen LogP contribution in [0.4, 0.5) is 0 Å². The lowest BCUT2D eigenvalue weighted by Gasteiger charge is -2.20. The Labute approximate surface area is 185 Å². The Morgan fingerprint density at radius 2 is 2.03 bits per heavy atom. The van der Waals surface area contributed by atoms with Crippen LogP contribution in [0.25, 0.3) is 0 Å². The minimum Gasteiger partial charge on any atom is -0.493 e. The first-order valence-corrected chi connectivity index (χ1v) is 11.2. The van der Waals surface area contributed by atoms with Gasteiger partial charge in [-0.3, -0.25) is 0 Å². The van der Waals surface area contributed by atoms with Crippen LogP contribution in [0.1, 0.15) is 56.9 Å². The van der Waals surface area contributed by atoms with Crippen LogP contribution in [0.15, 0.2) is 29.3 Å². The lowest BCUT2D eigenvalue weighted by Crippen LogP contribution is -2.42. The Bertz CT molecular complexity index is 840. The quantitative estimate of drug-likeness (QED) is 0.471. The summed E-state index contributed by atoms with van der Waals surface area (Å²) in [4.78, 5) is 4.75. The molecule has 0 saturated carbocycles. The van der Waals surface area contributed by atoms with Gasteiger partial charge in [-0.25, -0.2) is 4.99 Å². The average Bonchev–Trinajstić information content (AvgIpc) is 3.39. The SMILES string of the molecule is Cc1nnc(CN=C(NCC2CCCO2)NC(C)c2ccc(OCC(C)C)cc2)n1C. The first-order valence-electron chi connectivity index (χ1n) is 11.2. The van der Waals surface area contributed by atoms with E-state index in [1.165, 1.54) is 0 Å². The molecule has 1 saturated heterocycles. The van der Waals surface area contributed by atoms with Crippen molar-refractivity contribution in [1.29, 1.82) is 0 Å². The molecule has 170 valence electrons. The Balaban J connectivity index is 1.64. The molecule has 2 heterocycles. The summed E-state index contributed by atoms with van der Waals surface area (Å²) in [5.74, 6) is 3.85. The standard InChI is InChI=1S/C23H36N6O2/c1-16(2)15-31-20-10-8-19(9-11-20)17(3)26-23(24-13-21-7-6-12-30-21)25-14-22-28-27-18(4)29(22)5/h8-11,16-17,21H,6-7,12-15H2,1-5H3,(H2,24,25,26). The number of aliphatic imine (C=N–C) groups is 1. The maximum Gasteiger partial charge on any atom is 0.192 e. The van der Waals surface area contributed by atoms with Crippen molar-refractivity contribution in [3.8, 4) is 5.75 Å². The number of nitrogens with one attached hydrogen (secondary N) is 2. The molecule has 0 radical (unpaired) electrons. The number of hydrogen-bond acceptors (Lipinski definition) is 5. The van der Waals surface area contributed by atoms with Crippen molar-refractivity contribution in [1.82, 2.24) is 25.4 Å². The maximum atomic E-state index is 5.79. The summed E-state index contributed by atoms with van der Waals surface area (Å²) in [5, 5.41) is 15.3. The summed E-state index contributed by atoms with van der Waals surface area (Å²) in [6.45, 7) is 11.1. The van der Waals surface area contributed by atoms with E-state index in [0.29, 0.717) is 12.5 Å². The summed E-state index contributed by atoms with van der Waals surface area (Å²) >= 11 is 0. The minimum absolute atomic E-state index is 0.0797. The third kappa shape index (κ3) is 6.95. The zero-order valence-corrected chi connectivity index (χ0v) is 19.4. The molecule has 1 aromatic carbocycles. The van der Waals surface area contributed by atoms with Gasteiger partial charge in [0.05, 0.1) is 18.8 Å². The Morgan fingerprint density at radius 3 is 2.65 bits per heavy atom. The molecule has 1 fully saturated rings. The number of aromatic nitrogens is 3. The minimum atomic E-state index is 0.0797. The van der Waals surface area contributed by atoms with Crippen LogP contribution in [0.3, 0.4) is 0 Å². The predicted molar refractivity (Wildman–Crippen MR) is 122 cm³/mol. The maximum absolute atomic E-state index is 5.79. The molecule has 2 unspecified atom stereocenters. The van der Waals surface area contributed by atoms with Gasteiger partial charge in [0.2, 0.25) is 0 Å². The van der Waals surface area contributed by atoms with Crippen LogP contribution in [-0.2, 0) is 18.3 Å². The van der Waals surface area contributed by atoms with Gasteiger partial charge < -0.3 is 24.7 Å². The van der Waals surface area contributed by atoms with E-state index in [1.54, 1.807) is 0 Å². The fourth-order valence-electron chi connectivity index (χ4n) is 3.31. The van der Waals surface area contributed by atoms with Gasteiger partial charge in [-0.2, -0.15) is 0 Å². The van der Waals surface area contributed by atoms with Gasteiger partial charge in [-0.1, -0.05) is 26.0 Å². The van der Waals surface area contributed by atoms with Crippen LogP contribution in [-0.4, -0.2) is 46.6 Å². The predicted octanol–water partition coefficient (Wildman–Crippen LogP) is 3.13. The molecule has 1 aliphatic rings. The third-order valence-electron chi connectivity index (χ3n) is 5.40. The zero-order chi connectivity index (χ0) is 22.2. The van der Waals surface area contributed by atoms with Crippen LogP contribution in [0.2, 0.25) is 0 Å². The highest BCUT2D eigenvalue weighted by atomic mass is 16.5. The van der Waals surface area contributed by atoms with E-state index in [1.807, 2.05) is 30.7 Å². The van der Waals surface area contributed by atoms with E-state index >= 15 is 0 Å². The number of aryl methyl sites for hydroxylation is 1. The van der Waals surface area contributed by atoms with E-state index in [2.05, 4.69) is 53.7 Å². The van der Waals surface area contributed by atoms with E-state index in [4.69, 9.17) is 14.5 Å². The molecule has 0 bridgehead atoms. The fourth-order valence-corrected chi connectivity index (χ4v) is 3.31. The molecule has 1 aromatic heterocycles. The van der Waals surface area contributed by atoms with Crippen LogP contribution in [0, 0.1) is 12.8 Å². The molecule has 8 nitrogen and oxygen atoms in total. The number of benzene rings is 1. The van der Waals surface area contributed by atoms with Crippen LogP contribution >= 0.6 is 0 Å². The zero-order valence-electron chi connectivity index (χ0n) is 19.4. The highest BCUT2D eigenvalue weighted by Gasteiger charge is 2.17. The van der Waals surface area contributed by atoms with Crippen LogP contribution in [0.5, 0.6) is 5.75 Å². The Kier molecular flexibility index (Phi) is 8.28. The molecule has 2 aromatic rings. The second-order valence-corrected chi connectivity index (χ2v) is 8.54. The first-order chi connectivity index (χ1) is 14.9. The summed E-state index contributed by atoms with van der Waals surface area (Å²) < 4.78 is 13.5. The smallest absolute Gasteiger partial charge is 0.192 e. The van der Waals surface area contributed by atoms with E-state index < -0.39 is 0 Å². The molecule has 31 heavy (non-hydrogen) atoms. The van der Waals surface area contributed by atoms with Crippen molar-refractivity contribution in [3.63, 3.8) is 0 Å². The van der Waals surface area contributed by atoms with Gasteiger partial charge in [0.1, 0.15) is 18.1 Å². The number of nitrogens with zero attached hydrogens (tertiary/aromatic N) is 4. The van der Waals surface area contributed by atoms with E-state index in [9.17, 15) is 0 Å². The van der Waals surface area contributed by atoms with Gasteiger partial charge in [0.25, 0.3) is 0 Å². The van der Waals surface area contributed by atoms with Crippen molar-refractivity contribution in [3.05, 3.63) is 41.5 Å². The molecule has 0 aliphatic carbocycles. The summed E-state index contributed by atoms with van der Waals surface area (Å²) in [6, 6.07) is 8.31. The fraction of sp³-hybridized carbons (Fsp3) is 0.609. The van der Waals surface area contributed by atoms with Gasteiger partial charge >= 0.3 is 0 Å². The highest BCUT2D eigenvalue weighted by molar-refractivity contribution is 5.80. The molecule has 2 N–H and O–H groups in total. The number of rotatable bonds is 9. The van der Waals surface area contributed by atoms with Gasteiger partial charge in [-0.15, -0.1) is 10.2 Å². The molecule has 2 atom stereocenters. The summed E-state index contributed by atoms with van der Waals surface area (Å²) in [7, 11) is 1.96. The van der Waals surface area contributed by atoms with Gasteiger partial charge in [0.15, 0.2) is 11.8 Å². The monoisotopic (exact) mass is 428 g/mol. The molecule has 0 amide bonds. The normalized spacial score (nSPS) is 17.7. The molecule has 0 spiro atoms. The molecular formula is C23H36N6O2.